The summed E-state index contributed by atoms with van der Waals surface area (Å²) >= 11 is 5.81. The van der Waals surface area contributed by atoms with Crippen molar-refractivity contribution < 1.29 is 8.42 Å². The van der Waals surface area contributed by atoms with E-state index in [2.05, 4.69) is 4.72 Å². The van der Waals surface area contributed by atoms with Crippen LogP contribution in [0.1, 0.15) is 11.8 Å². The molecule has 0 aliphatic rings. The Morgan fingerprint density at radius 2 is 2.29 bits per heavy atom. The summed E-state index contributed by atoms with van der Waals surface area (Å²) < 4.78 is 25.6. The zero-order valence-electron chi connectivity index (χ0n) is 7.48. The van der Waals surface area contributed by atoms with Gasteiger partial charge in [0.25, 0.3) is 0 Å². The third kappa shape index (κ3) is 2.50. The van der Waals surface area contributed by atoms with E-state index in [1.54, 1.807) is 13.0 Å². The quantitative estimate of drug-likeness (QED) is 0.771. The van der Waals surface area contributed by atoms with E-state index in [0.29, 0.717) is 11.4 Å². The zero-order valence-corrected chi connectivity index (χ0v) is 9.93. The van der Waals surface area contributed by atoms with E-state index in [1.807, 2.05) is 0 Å². The van der Waals surface area contributed by atoms with Crippen molar-refractivity contribution in [3.05, 3.63) is 17.0 Å². The molecule has 0 atom stereocenters. The van der Waals surface area contributed by atoms with Gasteiger partial charge >= 0.3 is 0 Å². The molecule has 1 aromatic heterocycles. The van der Waals surface area contributed by atoms with Crippen molar-refractivity contribution in [1.29, 1.82) is 0 Å². The second-order valence-electron chi connectivity index (χ2n) is 2.48. The largest absolute Gasteiger partial charge is 0.389 e. The standard InChI is InChI=1S/C7H10N2O2S3/c1-2-9-14(10,11)6-4-3-5(13-6)7(8)12/h3-4,9H,2H2,1H3,(H2,8,12). The maximum Gasteiger partial charge on any atom is 0.250 e. The Morgan fingerprint density at radius 3 is 2.71 bits per heavy atom. The van der Waals surface area contributed by atoms with Crippen LogP contribution in [0.5, 0.6) is 0 Å². The summed E-state index contributed by atoms with van der Waals surface area (Å²) in [7, 11) is -3.37. The summed E-state index contributed by atoms with van der Waals surface area (Å²) in [5.41, 5.74) is 5.37. The highest BCUT2D eigenvalue weighted by atomic mass is 32.2. The van der Waals surface area contributed by atoms with Crippen molar-refractivity contribution in [2.45, 2.75) is 11.1 Å². The molecule has 0 saturated heterocycles. The first-order valence-electron chi connectivity index (χ1n) is 3.86. The van der Waals surface area contributed by atoms with Gasteiger partial charge in [0.1, 0.15) is 9.20 Å². The molecule has 0 unspecified atom stereocenters. The fourth-order valence-corrected chi connectivity index (χ4v) is 3.30. The highest BCUT2D eigenvalue weighted by Gasteiger charge is 2.15. The van der Waals surface area contributed by atoms with Crippen LogP contribution in [-0.2, 0) is 10.0 Å². The minimum Gasteiger partial charge on any atom is -0.389 e. The molecule has 1 aromatic rings. The Bertz CT molecular complexity index is 436. The first-order chi connectivity index (χ1) is 6.47. The van der Waals surface area contributed by atoms with Gasteiger partial charge < -0.3 is 5.73 Å². The molecular formula is C7H10N2O2S3. The fourth-order valence-electron chi connectivity index (χ4n) is 0.858. The molecule has 0 fully saturated rings. The number of nitrogens with two attached hydrogens (primary N) is 1. The number of hydrogen-bond donors (Lipinski definition) is 2. The molecule has 0 radical (unpaired) electrons. The van der Waals surface area contributed by atoms with Crippen molar-refractivity contribution in [2.75, 3.05) is 6.54 Å². The monoisotopic (exact) mass is 250 g/mol. The van der Waals surface area contributed by atoms with Crippen LogP contribution in [-0.4, -0.2) is 20.0 Å². The van der Waals surface area contributed by atoms with Gasteiger partial charge in [-0.25, -0.2) is 13.1 Å². The van der Waals surface area contributed by atoms with Crippen LogP contribution in [0.25, 0.3) is 0 Å². The van der Waals surface area contributed by atoms with E-state index in [0.717, 1.165) is 11.3 Å². The van der Waals surface area contributed by atoms with Crippen LogP contribution in [0.2, 0.25) is 0 Å². The van der Waals surface area contributed by atoms with E-state index < -0.39 is 10.0 Å². The molecule has 0 saturated carbocycles. The minimum atomic E-state index is -3.37. The maximum atomic E-state index is 11.5. The highest BCUT2D eigenvalue weighted by molar-refractivity contribution is 7.91. The predicted octanol–water partition coefficient (Wildman–Crippen LogP) is 0.681. The number of thiophene rings is 1. The molecule has 0 spiro atoms. The van der Waals surface area contributed by atoms with Crippen molar-refractivity contribution in [3.63, 3.8) is 0 Å². The molecule has 4 nitrogen and oxygen atoms in total. The van der Waals surface area contributed by atoms with Gasteiger partial charge in [0.05, 0.1) is 4.88 Å². The summed E-state index contributed by atoms with van der Waals surface area (Å²) in [5, 5.41) is 0. The Balaban J connectivity index is 3.03. The van der Waals surface area contributed by atoms with Crippen LogP contribution in [0.15, 0.2) is 16.3 Å². The smallest absolute Gasteiger partial charge is 0.250 e. The Kier molecular flexibility index (Phi) is 3.59. The van der Waals surface area contributed by atoms with Gasteiger partial charge in [-0.15, -0.1) is 11.3 Å². The Morgan fingerprint density at radius 1 is 1.64 bits per heavy atom. The molecule has 1 rings (SSSR count). The third-order valence-corrected chi connectivity index (χ3v) is 4.93. The van der Waals surface area contributed by atoms with Gasteiger partial charge in [0.2, 0.25) is 10.0 Å². The second-order valence-corrected chi connectivity index (χ2v) is 6.00. The Hall–Kier alpha value is -0.500. The van der Waals surface area contributed by atoms with Gasteiger partial charge in [-0.2, -0.15) is 0 Å². The lowest BCUT2D eigenvalue weighted by atomic mass is 10.5. The second kappa shape index (κ2) is 4.35. The van der Waals surface area contributed by atoms with Crippen molar-refractivity contribution in [2.24, 2.45) is 5.73 Å². The lowest BCUT2D eigenvalue weighted by molar-refractivity contribution is 0.586. The van der Waals surface area contributed by atoms with E-state index in [4.69, 9.17) is 18.0 Å². The van der Waals surface area contributed by atoms with Crippen LogP contribution in [0.3, 0.4) is 0 Å². The summed E-state index contributed by atoms with van der Waals surface area (Å²) in [6.07, 6.45) is 0. The molecule has 0 bridgehead atoms. The summed E-state index contributed by atoms with van der Waals surface area (Å²) in [5.74, 6) is 0. The Labute approximate surface area is 92.2 Å². The molecule has 0 aromatic carbocycles. The topological polar surface area (TPSA) is 72.2 Å². The molecule has 0 amide bonds. The van der Waals surface area contributed by atoms with Crippen molar-refractivity contribution in [1.82, 2.24) is 4.72 Å². The van der Waals surface area contributed by atoms with Crippen molar-refractivity contribution in [3.8, 4) is 0 Å². The lowest BCUT2D eigenvalue weighted by Gasteiger charge is -1.99. The van der Waals surface area contributed by atoms with Gasteiger partial charge in [0, 0.05) is 6.54 Å². The molecular weight excluding hydrogens is 240 g/mol. The van der Waals surface area contributed by atoms with E-state index in [1.165, 1.54) is 6.07 Å². The number of thiocarbonyl (C=S) groups is 1. The molecule has 14 heavy (non-hydrogen) atoms. The van der Waals surface area contributed by atoms with E-state index in [-0.39, 0.29) is 9.20 Å². The zero-order chi connectivity index (χ0) is 10.8. The van der Waals surface area contributed by atoms with Gasteiger partial charge in [-0.1, -0.05) is 19.1 Å². The number of hydrogen-bond acceptors (Lipinski definition) is 4. The van der Waals surface area contributed by atoms with E-state index >= 15 is 0 Å². The predicted molar refractivity (Wildman–Crippen MR) is 61.1 cm³/mol. The number of sulfonamides is 1. The van der Waals surface area contributed by atoms with Crippen molar-refractivity contribution >= 4 is 38.6 Å². The first-order valence-corrected chi connectivity index (χ1v) is 6.57. The summed E-state index contributed by atoms with van der Waals surface area (Å²) in [6, 6.07) is 3.11. The highest BCUT2D eigenvalue weighted by Crippen LogP contribution is 2.20. The summed E-state index contributed by atoms with van der Waals surface area (Å²) in [6.45, 7) is 2.09. The van der Waals surface area contributed by atoms with Gasteiger partial charge in [-0.3, -0.25) is 0 Å². The summed E-state index contributed by atoms with van der Waals surface area (Å²) in [4.78, 5) is 0.824. The average molecular weight is 250 g/mol. The molecule has 0 aliphatic heterocycles. The average Bonchev–Trinajstić information content (AvgIpc) is 2.51. The van der Waals surface area contributed by atoms with Crippen LogP contribution < -0.4 is 10.5 Å². The van der Waals surface area contributed by atoms with Gasteiger partial charge in [-0.05, 0) is 12.1 Å². The maximum absolute atomic E-state index is 11.5. The van der Waals surface area contributed by atoms with Crippen LogP contribution >= 0.6 is 23.6 Å². The van der Waals surface area contributed by atoms with Crippen LogP contribution in [0.4, 0.5) is 0 Å². The van der Waals surface area contributed by atoms with Gasteiger partial charge in [0.15, 0.2) is 0 Å². The minimum absolute atomic E-state index is 0.216. The number of nitrogens with one attached hydrogen (secondary N) is 1. The number of rotatable bonds is 4. The lowest BCUT2D eigenvalue weighted by Crippen LogP contribution is -2.22. The SMILES string of the molecule is CCNS(=O)(=O)c1ccc(C(N)=S)s1. The molecule has 78 valence electrons. The molecule has 0 aliphatic carbocycles. The molecule has 1 heterocycles. The first kappa shape index (κ1) is 11.6. The fraction of sp³-hybridized carbons (Fsp3) is 0.286. The molecule has 3 N–H and O–H groups in total. The normalized spacial score (nSPS) is 11.5. The third-order valence-electron chi connectivity index (χ3n) is 1.42. The van der Waals surface area contributed by atoms with Crippen LogP contribution in [0, 0.1) is 0 Å². The molecule has 7 heteroatoms. The van der Waals surface area contributed by atoms with E-state index in [9.17, 15) is 8.42 Å².